The Hall–Kier alpha value is -2.79. The molecule has 0 spiro atoms. The number of Topliss-reactive ketones (excluding diaryl/α,β-unsaturated/α-hetero) is 1. The summed E-state index contributed by atoms with van der Waals surface area (Å²) in [5.74, 6) is -1.01. The second kappa shape index (κ2) is 9.75. The topological polar surface area (TPSA) is 133 Å². The smallest absolute Gasteiger partial charge is 0.280 e. The first kappa shape index (κ1) is 25.5. The van der Waals surface area contributed by atoms with E-state index in [1.807, 2.05) is 13.1 Å². The predicted octanol–water partition coefficient (Wildman–Crippen LogP) is 3.02. The molecule has 3 aromatic rings. The van der Waals surface area contributed by atoms with Crippen LogP contribution in [0.3, 0.4) is 0 Å². The lowest BCUT2D eigenvalue weighted by atomic mass is 9.70. The van der Waals surface area contributed by atoms with Crippen LogP contribution in [0.25, 0.3) is 10.9 Å². The summed E-state index contributed by atoms with van der Waals surface area (Å²) >= 11 is 7.52. The number of thiazole rings is 1. The van der Waals surface area contributed by atoms with E-state index in [2.05, 4.69) is 25.5 Å². The molecule has 11 heteroatoms. The number of ketones is 1. The van der Waals surface area contributed by atoms with Crippen molar-refractivity contribution in [2.75, 3.05) is 13.6 Å². The van der Waals surface area contributed by atoms with Gasteiger partial charge in [-0.25, -0.2) is 4.98 Å². The van der Waals surface area contributed by atoms with E-state index in [1.54, 1.807) is 18.2 Å². The number of nitrogens with two attached hydrogens (primary N) is 1. The van der Waals surface area contributed by atoms with Crippen molar-refractivity contribution < 1.29 is 14.4 Å². The van der Waals surface area contributed by atoms with Crippen LogP contribution < -0.4 is 16.4 Å². The highest BCUT2D eigenvalue weighted by atomic mass is 35.5. The Kier molecular flexibility index (Phi) is 6.54. The van der Waals surface area contributed by atoms with Crippen molar-refractivity contribution in [2.24, 2.45) is 11.7 Å². The molecule has 6 rings (SSSR count). The highest BCUT2D eigenvalue weighted by Crippen LogP contribution is 2.35. The van der Waals surface area contributed by atoms with Gasteiger partial charge in [-0.15, -0.1) is 11.3 Å². The summed E-state index contributed by atoms with van der Waals surface area (Å²) in [6.07, 6.45) is 3.81. The van der Waals surface area contributed by atoms with Crippen molar-refractivity contribution in [3.63, 3.8) is 0 Å². The molecule has 2 aromatic heterocycles. The molecule has 200 valence electrons. The van der Waals surface area contributed by atoms with E-state index in [-0.39, 0.29) is 42.4 Å². The van der Waals surface area contributed by atoms with Crippen molar-refractivity contribution in [3.05, 3.63) is 50.6 Å². The van der Waals surface area contributed by atoms with Gasteiger partial charge in [0.1, 0.15) is 5.54 Å². The molecule has 3 atom stereocenters. The molecule has 1 aliphatic heterocycles. The quantitative estimate of drug-likeness (QED) is 0.346. The molecule has 3 heterocycles. The molecule has 9 nitrogen and oxygen atoms in total. The molecular weight excluding hydrogens is 524 g/mol. The number of hydrogen-bond donors (Lipinski definition) is 4. The monoisotopic (exact) mass is 554 g/mol. The van der Waals surface area contributed by atoms with Gasteiger partial charge in [-0.3, -0.25) is 14.4 Å². The fourth-order valence-electron chi connectivity index (χ4n) is 5.56. The third-order valence-corrected chi connectivity index (χ3v) is 9.33. The van der Waals surface area contributed by atoms with Crippen molar-refractivity contribution in [2.45, 2.75) is 62.7 Å². The summed E-state index contributed by atoms with van der Waals surface area (Å²) in [6.45, 7) is 1.66. The summed E-state index contributed by atoms with van der Waals surface area (Å²) in [5.41, 5.74) is 7.59. The van der Waals surface area contributed by atoms with Crippen LogP contribution in [0.2, 0.25) is 5.02 Å². The zero-order valence-electron chi connectivity index (χ0n) is 21.2. The van der Waals surface area contributed by atoms with Gasteiger partial charge >= 0.3 is 0 Å². The van der Waals surface area contributed by atoms with Crippen LogP contribution in [-0.2, 0) is 17.8 Å². The maximum absolute atomic E-state index is 13.9. The first-order valence-corrected chi connectivity index (χ1v) is 14.3. The van der Waals surface area contributed by atoms with E-state index in [0.29, 0.717) is 22.1 Å². The minimum absolute atomic E-state index is 0.0331. The van der Waals surface area contributed by atoms with Gasteiger partial charge in [0.05, 0.1) is 17.4 Å². The number of nitrogens with zero attached hydrogens (tertiary/aromatic N) is 2. The van der Waals surface area contributed by atoms with Crippen LogP contribution >= 0.6 is 22.9 Å². The van der Waals surface area contributed by atoms with Gasteiger partial charge in [0.15, 0.2) is 5.01 Å². The van der Waals surface area contributed by atoms with Crippen LogP contribution in [-0.4, -0.2) is 63.7 Å². The van der Waals surface area contributed by atoms with Gasteiger partial charge in [0, 0.05) is 52.3 Å². The minimum Gasteiger partial charge on any atom is -0.353 e. The fourth-order valence-corrected chi connectivity index (χ4v) is 6.83. The lowest BCUT2D eigenvalue weighted by Gasteiger charge is -2.42. The third kappa shape index (κ3) is 4.86. The zero-order chi connectivity index (χ0) is 26.6. The van der Waals surface area contributed by atoms with Crippen LogP contribution in [0.4, 0.5) is 0 Å². The number of benzene rings is 1. The van der Waals surface area contributed by atoms with Crippen LogP contribution in [0.1, 0.15) is 63.0 Å². The second-order valence-corrected chi connectivity index (χ2v) is 12.5. The summed E-state index contributed by atoms with van der Waals surface area (Å²) < 4.78 is 0. The molecule has 0 radical (unpaired) electrons. The molecule has 3 aliphatic rings. The molecule has 1 aromatic carbocycles. The van der Waals surface area contributed by atoms with Crippen molar-refractivity contribution in [1.29, 1.82) is 0 Å². The average molecular weight is 555 g/mol. The van der Waals surface area contributed by atoms with Crippen LogP contribution in [0, 0.1) is 5.92 Å². The van der Waals surface area contributed by atoms with Gasteiger partial charge in [0.25, 0.3) is 5.91 Å². The van der Waals surface area contributed by atoms with Gasteiger partial charge in [-0.05, 0) is 63.4 Å². The number of hydrogen-bond acceptors (Lipinski definition) is 7. The zero-order valence-corrected chi connectivity index (χ0v) is 22.8. The first-order valence-electron chi connectivity index (χ1n) is 13.1. The molecule has 2 aliphatic carbocycles. The molecule has 0 saturated heterocycles. The molecule has 0 bridgehead atoms. The summed E-state index contributed by atoms with van der Waals surface area (Å²) in [5, 5.41) is 7.84. The number of carbonyl (C=O) groups is 3. The molecular formula is C27H31ClN6O3S. The van der Waals surface area contributed by atoms with Crippen LogP contribution in [0.15, 0.2) is 24.3 Å². The minimum atomic E-state index is -1.38. The Morgan fingerprint density at radius 1 is 1.21 bits per heavy atom. The van der Waals surface area contributed by atoms with E-state index >= 15 is 0 Å². The largest absolute Gasteiger partial charge is 0.353 e. The van der Waals surface area contributed by atoms with E-state index in [0.717, 1.165) is 53.8 Å². The normalized spacial score (nSPS) is 25.7. The summed E-state index contributed by atoms with van der Waals surface area (Å²) in [4.78, 5) is 51.3. The molecule has 3 unspecified atom stereocenters. The Bertz CT molecular complexity index is 1430. The summed E-state index contributed by atoms with van der Waals surface area (Å²) in [6, 6.07) is 6.61. The number of H-pyrrole nitrogens is 1. The number of fused-ring (bicyclic) bond motifs is 2. The van der Waals surface area contributed by atoms with Gasteiger partial charge in [0.2, 0.25) is 11.7 Å². The molecule has 2 saturated carbocycles. The number of aromatic amines is 1. The highest BCUT2D eigenvalue weighted by Gasteiger charge is 2.49. The second-order valence-electron chi connectivity index (χ2n) is 10.9. The SMILES string of the molecule is CN1CCc2nc(C(=O)NC3CC(C(=O)NC4CC4)CCC3(N)C(=O)c3cc4cc(Cl)ccc4[nH]3)sc2C1. The van der Waals surface area contributed by atoms with Crippen molar-refractivity contribution in [1.82, 2.24) is 25.5 Å². The maximum atomic E-state index is 13.9. The van der Waals surface area contributed by atoms with Crippen molar-refractivity contribution >= 4 is 51.4 Å². The lowest BCUT2D eigenvalue weighted by molar-refractivity contribution is -0.126. The number of carbonyl (C=O) groups excluding carboxylic acids is 3. The Morgan fingerprint density at radius 3 is 2.82 bits per heavy atom. The predicted molar refractivity (Wildman–Crippen MR) is 146 cm³/mol. The first-order chi connectivity index (χ1) is 18.2. The molecule has 2 fully saturated rings. The standard InChI is InChI=1S/C27H31ClN6O3S/c1-34-9-7-19-21(13-34)38-26(32-19)25(37)33-22-12-14(24(36)30-17-3-4-17)6-8-27(22,29)23(35)20-11-15-10-16(28)2-5-18(15)31-20/h2,5,10-11,14,17,22,31H,3-4,6-9,12-13,29H2,1H3,(H,30,36)(H,33,37). The Balaban J connectivity index is 1.28. The number of rotatable bonds is 6. The van der Waals surface area contributed by atoms with Gasteiger partial charge in [-0.1, -0.05) is 11.6 Å². The highest BCUT2D eigenvalue weighted by molar-refractivity contribution is 7.13. The fraction of sp³-hybridized carbons (Fsp3) is 0.481. The van der Waals surface area contributed by atoms with E-state index < -0.39 is 11.6 Å². The molecule has 38 heavy (non-hydrogen) atoms. The van der Waals surface area contributed by atoms with Crippen LogP contribution in [0.5, 0.6) is 0 Å². The molecule has 5 N–H and O–H groups in total. The lowest BCUT2D eigenvalue weighted by Crippen LogP contribution is -2.66. The number of amides is 2. The number of halogens is 1. The third-order valence-electron chi connectivity index (χ3n) is 8.01. The van der Waals surface area contributed by atoms with Gasteiger partial charge < -0.3 is 26.3 Å². The summed E-state index contributed by atoms with van der Waals surface area (Å²) in [7, 11) is 2.05. The number of nitrogens with one attached hydrogen (secondary N) is 3. The van der Waals surface area contributed by atoms with E-state index in [4.69, 9.17) is 17.3 Å². The average Bonchev–Trinajstić information content (AvgIpc) is 3.44. The molecule has 2 amide bonds. The Morgan fingerprint density at radius 2 is 2.03 bits per heavy atom. The maximum Gasteiger partial charge on any atom is 0.280 e. The van der Waals surface area contributed by atoms with E-state index in [1.165, 1.54) is 11.3 Å². The van der Waals surface area contributed by atoms with Gasteiger partial charge in [-0.2, -0.15) is 0 Å². The Labute approximate surface area is 229 Å². The van der Waals surface area contributed by atoms with E-state index in [9.17, 15) is 14.4 Å². The number of likely N-dealkylation sites (N-methyl/N-ethyl adjacent to an activating group) is 1. The van der Waals surface area contributed by atoms with Crippen molar-refractivity contribution in [3.8, 4) is 0 Å². The number of aromatic nitrogens is 2.